The summed E-state index contributed by atoms with van der Waals surface area (Å²) in [6.45, 7) is 13.7. The first-order valence-electron chi connectivity index (χ1n) is 12.4. The van der Waals surface area contributed by atoms with Gasteiger partial charge in [0, 0.05) is 46.4 Å². The average Bonchev–Trinajstić information content (AvgIpc) is 3.31. The molecule has 1 saturated heterocycles. The van der Waals surface area contributed by atoms with Crippen LogP contribution in [0.1, 0.15) is 65.7 Å². The van der Waals surface area contributed by atoms with E-state index < -0.39 is 0 Å². The molecule has 2 fully saturated rings. The van der Waals surface area contributed by atoms with Gasteiger partial charge in [-0.3, -0.25) is 4.90 Å². The first-order chi connectivity index (χ1) is 16.8. The van der Waals surface area contributed by atoms with Crippen LogP contribution in [0.2, 0.25) is 0 Å². The second kappa shape index (κ2) is 9.84. The number of aldehydes is 1. The number of carbonyl (C=O) groups is 1. The van der Waals surface area contributed by atoms with Crippen LogP contribution in [-0.4, -0.2) is 54.2 Å². The molecule has 1 aliphatic heterocycles. The Morgan fingerprint density at radius 1 is 1.26 bits per heavy atom. The second-order valence-electron chi connectivity index (χ2n) is 10.2. The van der Waals surface area contributed by atoms with Crippen molar-refractivity contribution in [3.63, 3.8) is 0 Å². The summed E-state index contributed by atoms with van der Waals surface area (Å²) in [6, 6.07) is 0. The van der Waals surface area contributed by atoms with Crippen molar-refractivity contribution in [3.05, 3.63) is 33.3 Å². The Bertz CT molecular complexity index is 1260. The predicted molar refractivity (Wildman–Crippen MR) is 147 cm³/mol. The lowest BCUT2D eigenvalue weighted by molar-refractivity contribution is -0.117. The third-order valence-electron chi connectivity index (χ3n) is 8.02. The number of aryl methyl sites for hydroxylation is 1. The molecule has 1 spiro atoms. The molecule has 5 N–H and O–H groups in total. The van der Waals surface area contributed by atoms with Crippen LogP contribution in [0, 0.1) is 26.2 Å². The molecule has 0 amide bonds. The second-order valence-corrected chi connectivity index (χ2v) is 11.2. The van der Waals surface area contributed by atoms with Crippen molar-refractivity contribution in [2.75, 3.05) is 26.7 Å². The highest BCUT2D eigenvalue weighted by Crippen LogP contribution is 2.60. The zero-order valence-corrected chi connectivity index (χ0v) is 22.6. The van der Waals surface area contributed by atoms with E-state index in [0.717, 1.165) is 30.5 Å². The highest BCUT2D eigenvalue weighted by molar-refractivity contribution is 7.19. The molecular weight excluding hydrogens is 456 g/mol. The van der Waals surface area contributed by atoms with Crippen molar-refractivity contribution in [1.82, 2.24) is 14.9 Å². The average molecular weight is 495 g/mol. The number of nitrogens with zero attached hydrogens (tertiary/aromatic N) is 3. The maximum absolute atomic E-state index is 10.9. The third-order valence-corrected chi connectivity index (χ3v) is 9.34. The fourth-order valence-electron chi connectivity index (χ4n) is 6.08. The van der Waals surface area contributed by atoms with Gasteiger partial charge in [-0.25, -0.2) is 9.98 Å². The molecule has 188 valence electrons. The van der Waals surface area contributed by atoms with E-state index in [-0.39, 0.29) is 0 Å². The van der Waals surface area contributed by atoms with Crippen LogP contribution >= 0.6 is 11.3 Å². The molecule has 1 unspecified atom stereocenters. The molecule has 3 aromatic heterocycles. The fraction of sp³-hybridized carbons (Fsp3) is 0.519. The minimum absolute atomic E-state index is 0.383. The maximum Gasteiger partial charge on any atom is 0.156 e. The molecule has 4 heterocycles. The van der Waals surface area contributed by atoms with Gasteiger partial charge in [0.2, 0.25) is 0 Å². The summed E-state index contributed by atoms with van der Waals surface area (Å²) in [5, 5.41) is 1.40. The van der Waals surface area contributed by atoms with Gasteiger partial charge in [-0.2, -0.15) is 0 Å². The molecule has 3 aromatic rings. The molecule has 1 saturated carbocycles. The summed E-state index contributed by atoms with van der Waals surface area (Å²) in [7, 11) is 1.50. The van der Waals surface area contributed by atoms with Crippen molar-refractivity contribution in [1.29, 1.82) is 0 Å². The molecule has 0 bridgehead atoms. The van der Waals surface area contributed by atoms with Gasteiger partial charge in [-0.15, -0.1) is 11.3 Å². The topological polar surface area (TPSA) is 113 Å². The van der Waals surface area contributed by atoms with Gasteiger partial charge < -0.3 is 21.2 Å². The molecule has 0 aromatic carbocycles. The van der Waals surface area contributed by atoms with Crippen molar-refractivity contribution < 1.29 is 4.79 Å². The predicted octanol–water partition coefficient (Wildman–Crippen LogP) is 4.91. The van der Waals surface area contributed by atoms with E-state index in [0.29, 0.717) is 29.6 Å². The number of hydrogen-bond donors (Lipinski definition) is 3. The zero-order valence-electron chi connectivity index (χ0n) is 21.7. The highest BCUT2D eigenvalue weighted by Gasteiger charge is 2.55. The number of hydrogen-bond acceptors (Lipinski definition) is 6. The number of likely N-dealkylation sites (tertiary alicyclic amines) is 1. The Labute approximate surface area is 212 Å². The number of rotatable bonds is 6. The molecule has 8 heteroatoms. The van der Waals surface area contributed by atoms with Gasteiger partial charge in [0.05, 0.1) is 18.6 Å². The number of aliphatic imine (C=N–C) groups is 1. The smallest absolute Gasteiger partial charge is 0.156 e. The molecule has 2 aliphatic rings. The number of nitrogens with two attached hydrogens (primary N) is 2. The largest absolute Gasteiger partial charge is 0.390 e. The van der Waals surface area contributed by atoms with E-state index in [1.165, 1.54) is 58.8 Å². The summed E-state index contributed by atoms with van der Waals surface area (Å²) in [5.41, 5.74) is 17.8. The Hall–Kier alpha value is -2.55. The van der Waals surface area contributed by atoms with Crippen LogP contribution in [0.3, 0.4) is 0 Å². The summed E-state index contributed by atoms with van der Waals surface area (Å²) in [4.78, 5) is 28.6. The number of H-pyrrole nitrogens is 1. The molecule has 7 nitrogen and oxygen atoms in total. The van der Waals surface area contributed by atoms with Crippen LogP contribution in [-0.2, 0) is 4.79 Å². The molecule has 1 atom stereocenters. The lowest BCUT2D eigenvalue weighted by Gasteiger charge is -2.60. The van der Waals surface area contributed by atoms with Gasteiger partial charge in [0.1, 0.15) is 11.1 Å². The highest BCUT2D eigenvalue weighted by atomic mass is 32.1. The normalized spacial score (nSPS) is 19.1. The number of thiophene rings is 1. The van der Waals surface area contributed by atoms with Crippen LogP contribution in [0.25, 0.3) is 21.5 Å². The van der Waals surface area contributed by atoms with Gasteiger partial charge in [-0.05, 0) is 68.8 Å². The molecular formula is C27H38N6OS. The Kier molecular flexibility index (Phi) is 7.18. The van der Waals surface area contributed by atoms with Crippen LogP contribution < -0.4 is 11.5 Å². The van der Waals surface area contributed by atoms with E-state index in [9.17, 15) is 4.79 Å². The van der Waals surface area contributed by atoms with E-state index in [4.69, 9.17) is 5.73 Å². The summed E-state index contributed by atoms with van der Waals surface area (Å²) < 4.78 is 0. The van der Waals surface area contributed by atoms with E-state index in [1.807, 2.05) is 17.5 Å². The van der Waals surface area contributed by atoms with Gasteiger partial charge in [-0.1, -0.05) is 13.8 Å². The quantitative estimate of drug-likeness (QED) is 0.256. The maximum atomic E-state index is 10.9. The van der Waals surface area contributed by atoms with Crippen molar-refractivity contribution >= 4 is 40.0 Å². The minimum atomic E-state index is 0.383. The molecule has 1 aliphatic carbocycles. The molecule has 5 rings (SSSR count). The monoisotopic (exact) mass is 494 g/mol. The summed E-state index contributed by atoms with van der Waals surface area (Å²) in [6.07, 6.45) is 6.80. The minimum Gasteiger partial charge on any atom is -0.390 e. The first-order valence-corrected chi connectivity index (χ1v) is 13.2. The van der Waals surface area contributed by atoms with Crippen molar-refractivity contribution in [3.8, 4) is 11.3 Å². The standard InChI is InChI=1S/C26H33N5OS.CH5N/c1-14(2)20-21-17(5)23(19-6-7-26(19)11-31(12-26)8-9-32)33-25(21)30-22(20)18-10-28-24(29-13-27)16(4)15(18)3;1-2/h9-10,13-14,19,30H,6-8,11-12H2,1-5H3,(H2,27,28,29);2H2,1H3. The first kappa shape index (κ1) is 25.5. The third kappa shape index (κ3) is 4.01. The van der Waals surface area contributed by atoms with E-state index >= 15 is 0 Å². The van der Waals surface area contributed by atoms with Gasteiger partial charge in [0.15, 0.2) is 5.82 Å². The summed E-state index contributed by atoms with van der Waals surface area (Å²) in [5.74, 6) is 1.68. The number of carbonyl (C=O) groups excluding carboxylic acids is 1. The fourth-order valence-corrected chi connectivity index (χ4v) is 7.58. The zero-order chi connectivity index (χ0) is 25.5. The number of pyridine rings is 1. The Morgan fingerprint density at radius 3 is 2.54 bits per heavy atom. The lowest BCUT2D eigenvalue weighted by Crippen LogP contribution is -2.63. The Morgan fingerprint density at radius 2 is 1.97 bits per heavy atom. The number of fused-ring (bicyclic) bond motifs is 1. The number of nitrogens with one attached hydrogen (secondary N) is 1. The number of aromatic amines is 1. The van der Waals surface area contributed by atoms with E-state index in [2.05, 4.69) is 60.2 Å². The number of aromatic nitrogens is 2. The van der Waals surface area contributed by atoms with Gasteiger partial charge in [0.25, 0.3) is 0 Å². The van der Waals surface area contributed by atoms with Crippen molar-refractivity contribution in [2.24, 2.45) is 21.9 Å². The summed E-state index contributed by atoms with van der Waals surface area (Å²) >= 11 is 1.94. The molecule has 0 radical (unpaired) electrons. The molecule has 35 heavy (non-hydrogen) atoms. The van der Waals surface area contributed by atoms with Gasteiger partial charge >= 0.3 is 0 Å². The SMILES string of the molecule is CN.Cc1c(-c2[nH]c3sc(C4CCC45CN(CC=O)C5)c(C)c3c2C(C)C)cnc(N=CN)c1C. The van der Waals surface area contributed by atoms with E-state index in [1.54, 1.807) is 4.88 Å². The van der Waals surface area contributed by atoms with Crippen LogP contribution in [0.5, 0.6) is 0 Å². The Balaban J connectivity index is 0.00000141. The lowest BCUT2D eigenvalue weighted by atomic mass is 9.55. The van der Waals surface area contributed by atoms with Crippen LogP contribution in [0.4, 0.5) is 5.82 Å². The van der Waals surface area contributed by atoms with Crippen LogP contribution in [0.15, 0.2) is 11.2 Å². The van der Waals surface area contributed by atoms with Crippen molar-refractivity contribution in [2.45, 2.75) is 59.3 Å².